The molecule has 0 amide bonds. The first kappa shape index (κ1) is 17.0. The van der Waals surface area contributed by atoms with E-state index in [9.17, 15) is 0 Å². The summed E-state index contributed by atoms with van der Waals surface area (Å²) >= 11 is -1.81. The predicted octanol–water partition coefficient (Wildman–Crippen LogP) is 4.24. The van der Waals surface area contributed by atoms with Gasteiger partial charge in [-0.15, -0.1) is 0 Å². The van der Waals surface area contributed by atoms with Crippen LogP contribution in [0.5, 0.6) is 5.75 Å². The Kier molecular flexibility index (Phi) is 4.61. The lowest BCUT2D eigenvalue weighted by Gasteiger charge is -2.13. The third-order valence-electron chi connectivity index (χ3n) is 4.43. The van der Waals surface area contributed by atoms with Crippen LogP contribution in [-0.2, 0) is 3.94 Å². The first-order valence-corrected chi connectivity index (χ1v) is 10.9. The molecule has 2 heterocycles. The van der Waals surface area contributed by atoms with Crippen LogP contribution in [0.15, 0.2) is 60.7 Å². The Morgan fingerprint density at radius 1 is 0.731 bits per heavy atom. The van der Waals surface area contributed by atoms with Crippen molar-refractivity contribution in [3.8, 4) is 5.75 Å². The zero-order valence-corrected chi connectivity index (χ0v) is 16.2. The summed E-state index contributed by atoms with van der Waals surface area (Å²) < 4.78 is 7.00. The van der Waals surface area contributed by atoms with Crippen molar-refractivity contribution in [1.29, 1.82) is 0 Å². The summed E-state index contributed by atoms with van der Waals surface area (Å²) in [6.45, 7) is 3.97. The molecule has 0 radical (unpaired) electrons. The van der Waals surface area contributed by atoms with Crippen LogP contribution in [-0.4, -0.2) is 24.5 Å². The first-order chi connectivity index (χ1) is 12.6. The molecule has 0 saturated heterocycles. The molecule has 26 heavy (non-hydrogen) atoms. The lowest BCUT2D eigenvalue weighted by Crippen LogP contribution is -2.32. The smallest absolute Gasteiger partial charge is 0.366 e. The molecular formula is C21H19AlN2O2. The largest absolute Gasteiger partial charge is 0.567 e. The highest BCUT2D eigenvalue weighted by Crippen LogP contribution is 2.24. The van der Waals surface area contributed by atoms with Crippen LogP contribution in [0.25, 0.3) is 21.8 Å². The van der Waals surface area contributed by atoms with Gasteiger partial charge in [0.15, 0.2) is 5.75 Å². The average molecular weight is 358 g/mol. The highest BCUT2D eigenvalue weighted by Gasteiger charge is 2.23. The number of benzene rings is 2. The van der Waals surface area contributed by atoms with Gasteiger partial charge in [-0.05, 0) is 41.9 Å². The van der Waals surface area contributed by atoms with Crippen molar-refractivity contribution in [2.45, 2.75) is 19.6 Å². The van der Waals surface area contributed by atoms with E-state index in [-0.39, 0.29) is 0 Å². The van der Waals surface area contributed by atoms with Crippen LogP contribution < -0.4 is 9.31 Å². The zero-order chi connectivity index (χ0) is 18.1. The van der Waals surface area contributed by atoms with Crippen LogP contribution in [0, 0.1) is 13.8 Å². The molecule has 5 heteroatoms. The van der Waals surface area contributed by atoms with E-state index >= 15 is 0 Å². The number of para-hydroxylation sites is 2. The monoisotopic (exact) mass is 358 g/mol. The standard InChI is InChI=1S/C10H9NO2.C10H8N.CH3.Al/c1-7-5-6-8-3-2-4-9(13-12)10(8)11-7;1-8-6-7-9-4-2-3-5-10(9)11-8;;/h2-6,12H,1H3;2-4,6-7H,1H3;1H3;/q;;;+1/p-1. The minimum atomic E-state index is -1.81. The summed E-state index contributed by atoms with van der Waals surface area (Å²) in [4.78, 5) is 15.0. The van der Waals surface area contributed by atoms with E-state index in [1.165, 1.54) is 0 Å². The van der Waals surface area contributed by atoms with Gasteiger partial charge in [0.05, 0.1) is 5.52 Å². The minimum Gasteiger partial charge on any atom is -0.366 e. The van der Waals surface area contributed by atoms with Crippen molar-refractivity contribution >= 4 is 40.7 Å². The van der Waals surface area contributed by atoms with E-state index in [0.29, 0.717) is 5.75 Å². The third-order valence-corrected chi connectivity index (χ3v) is 6.16. The molecule has 0 N–H and O–H groups in total. The Balaban J connectivity index is 1.63. The summed E-state index contributed by atoms with van der Waals surface area (Å²) in [6, 6.07) is 20.2. The second-order valence-electron chi connectivity index (χ2n) is 6.47. The molecule has 128 valence electrons. The number of nitrogens with zero attached hydrogens (tertiary/aromatic N) is 2. The molecule has 0 aliphatic heterocycles. The van der Waals surface area contributed by atoms with Crippen molar-refractivity contribution in [1.82, 2.24) is 9.97 Å². The van der Waals surface area contributed by atoms with Gasteiger partial charge in [-0.1, -0.05) is 48.3 Å². The fourth-order valence-electron chi connectivity index (χ4n) is 3.06. The number of aromatic nitrogens is 2. The zero-order valence-electron chi connectivity index (χ0n) is 15.1. The van der Waals surface area contributed by atoms with Crippen LogP contribution in [0.1, 0.15) is 11.4 Å². The van der Waals surface area contributed by atoms with Gasteiger partial charge in [-0.3, -0.25) is 4.98 Å². The van der Waals surface area contributed by atoms with Gasteiger partial charge in [0, 0.05) is 16.8 Å². The number of rotatable bonds is 4. The molecule has 2 aromatic heterocycles. The quantitative estimate of drug-likeness (QED) is 0.311. The van der Waals surface area contributed by atoms with Crippen molar-refractivity contribution < 1.29 is 8.83 Å². The normalized spacial score (nSPS) is 11.0. The minimum absolute atomic E-state index is 0.648. The molecule has 0 atom stereocenters. The first-order valence-electron chi connectivity index (χ1n) is 8.68. The highest BCUT2D eigenvalue weighted by molar-refractivity contribution is 6.68. The maximum atomic E-state index is 5.87. The van der Waals surface area contributed by atoms with E-state index in [1.54, 1.807) is 0 Å². The van der Waals surface area contributed by atoms with Crippen molar-refractivity contribution in [2.24, 2.45) is 0 Å². The van der Waals surface area contributed by atoms with Gasteiger partial charge >= 0.3 is 14.5 Å². The molecule has 2 aromatic carbocycles. The van der Waals surface area contributed by atoms with Gasteiger partial charge in [0.1, 0.15) is 5.52 Å². The van der Waals surface area contributed by atoms with Crippen LogP contribution in [0.2, 0.25) is 5.79 Å². The number of hydrogen-bond acceptors (Lipinski definition) is 4. The van der Waals surface area contributed by atoms with Crippen LogP contribution in [0.4, 0.5) is 0 Å². The van der Waals surface area contributed by atoms with Crippen molar-refractivity contribution in [3.05, 3.63) is 72.1 Å². The molecule has 4 rings (SSSR count). The number of hydrogen-bond donors (Lipinski definition) is 0. The lowest BCUT2D eigenvalue weighted by atomic mass is 10.2. The summed E-state index contributed by atoms with van der Waals surface area (Å²) in [7, 11) is 0. The molecule has 0 spiro atoms. The van der Waals surface area contributed by atoms with E-state index < -0.39 is 14.5 Å². The van der Waals surface area contributed by atoms with Gasteiger partial charge < -0.3 is 8.83 Å². The van der Waals surface area contributed by atoms with E-state index in [0.717, 1.165) is 37.6 Å². The summed E-state index contributed by atoms with van der Waals surface area (Å²) in [5.41, 5.74) is 3.77. The molecule has 4 nitrogen and oxygen atoms in total. The fourth-order valence-corrected chi connectivity index (χ4v) is 4.41. The maximum Gasteiger partial charge on any atom is 0.567 e. The Morgan fingerprint density at radius 3 is 2.08 bits per heavy atom. The average Bonchev–Trinajstić information content (AvgIpc) is 2.65. The lowest BCUT2D eigenvalue weighted by molar-refractivity contribution is -0.101. The molecule has 0 unspecified atom stereocenters. The topological polar surface area (TPSA) is 44.2 Å². The van der Waals surface area contributed by atoms with Crippen molar-refractivity contribution in [2.75, 3.05) is 0 Å². The predicted molar refractivity (Wildman–Crippen MR) is 106 cm³/mol. The second kappa shape index (κ2) is 7.05. The Bertz CT molecular complexity index is 1100. The highest BCUT2D eigenvalue weighted by atomic mass is 27.2. The molecule has 4 aromatic rings. The van der Waals surface area contributed by atoms with Crippen LogP contribution >= 0.6 is 0 Å². The Labute approximate surface area is 157 Å². The SMILES string of the molecule is Cc1ccc2cccc(O[O][Al]([CH3])[c]3cccc4ccc(C)nc34)c2n1. The van der Waals surface area contributed by atoms with Crippen molar-refractivity contribution in [3.63, 3.8) is 0 Å². The molecular weight excluding hydrogens is 339 g/mol. The van der Waals surface area contributed by atoms with E-state index in [1.807, 2.05) is 56.3 Å². The summed E-state index contributed by atoms with van der Waals surface area (Å²) in [6.07, 6.45) is 0. The third kappa shape index (κ3) is 3.30. The van der Waals surface area contributed by atoms with E-state index in [2.05, 4.69) is 29.0 Å². The number of aryl methyl sites for hydroxylation is 2. The number of pyridine rings is 2. The number of fused-ring (bicyclic) bond motifs is 2. The van der Waals surface area contributed by atoms with Gasteiger partial charge in [-0.25, -0.2) is 4.98 Å². The van der Waals surface area contributed by atoms with Crippen LogP contribution in [0.3, 0.4) is 0 Å². The molecule has 0 saturated carbocycles. The molecule has 0 aliphatic rings. The van der Waals surface area contributed by atoms with Gasteiger partial charge in [-0.2, -0.15) is 0 Å². The maximum absolute atomic E-state index is 5.87. The van der Waals surface area contributed by atoms with E-state index in [4.69, 9.17) is 13.8 Å². The van der Waals surface area contributed by atoms with Gasteiger partial charge in [0.25, 0.3) is 0 Å². The molecule has 0 aliphatic carbocycles. The Hall–Kier alpha value is -2.45. The van der Waals surface area contributed by atoms with Gasteiger partial charge in [0.2, 0.25) is 0 Å². The Morgan fingerprint density at radius 2 is 1.35 bits per heavy atom. The fraction of sp³-hybridized carbons (Fsp3) is 0.143. The molecule has 0 fully saturated rings. The summed E-state index contributed by atoms with van der Waals surface area (Å²) in [5.74, 6) is 2.75. The second-order valence-corrected chi connectivity index (χ2v) is 8.57. The summed E-state index contributed by atoms with van der Waals surface area (Å²) in [5, 5.41) is 2.16. The molecule has 0 bridgehead atoms.